The highest BCUT2D eigenvalue weighted by Crippen LogP contribution is 2.41. The van der Waals surface area contributed by atoms with Gasteiger partial charge in [0.25, 0.3) is 5.91 Å². The number of rotatable bonds is 4. The van der Waals surface area contributed by atoms with E-state index in [-0.39, 0.29) is 18.0 Å². The van der Waals surface area contributed by atoms with Gasteiger partial charge in [0, 0.05) is 24.3 Å². The molecule has 1 amide bonds. The van der Waals surface area contributed by atoms with Crippen LogP contribution in [0.1, 0.15) is 49.0 Å². The molecule has 24 heavy (non-hydrogen) atoms. The zero-order valence-corrected chi connectivity index (χ0v) is 13.7. The lowest BCUT2D eigenvalue weighted by Gasteiger charge is -2.38. The third-order valence-corrected chi connectivity index (χ3v) is 4.98. The Morgan fingerprint density at radius 3 is 2.46 bits per heavy atom. The van der Waals surface area contributed by atoms with Crippen LogP contribution in [0.25, 0.3) is 0 Å². The molecule has 2 aromatic rings. The quantitative estimate of drug-likeness (QED) is 0.859. The molecule has 0 spiro atoms. The molecule has 2 atom stereocenters. The van der Waals surface area contributed by atoms with Gasteiger partial charge in [-0.2, -0.15) is 15.0 Å². The van der Waals surface area contributed by atoms with Crippen molar-refractivity contribution < 1.29 is 9.53 Å². The summed E-state index contributed by atoms with van der Waals surface area (Å²) in [5, 5.41) is 8.54. The molecule has 2 aromatic heterocycles. The molecule has 2 bridgehead atoms. The zero-order valence-electron chi connectivity index (χ0n) is 13.7. The molecular weight excluding hydrogens is 306 g/mol. The van der Waals surface area contributed by atoms with Crippen LogP contribution in [0.15, 0.2) is 30.7 Å². The standard InChI is InChI=1S/C17H21N5O2/c1-2-24-16-6-3-12(11-18-16)17(23)21-13-4-5-14(21)10-15(9-13)22-19-7-8-20-22/h3,6-8,11,13-15H,2,4-5,9-10H2,1H3. The number of aromatic nitrogens is 4. The summed E-state index contributed by atoms with van der Waals surface area (Å²) in [6.07, 6.45) is 8.99. The Morgan fingerprint density at radius 1 is 1.17 bits per heavy atom. The number of amides is 1. The summed E-state index contributed by atoms with van der Waals surface area (Å²) in [5.41, 5.74) is 0.631. The SMILES string of the molecule is CCOc1ccc(C(=O)N2C3CCC2CC(n2nccn2)C3)cn1. The van der Waals surface area contributed by atoms with Crippen molar-refractivity contribution >= 4 is 5.91 Å². The highest BCUT2D eigenvalue weighted by Gasteiger charge is 2.44. The largest absolute Gasteiger partial charge is 0.478 e. The molecule has 2 unspecified atom stereocenters. The monoisotopic (exact) mass is 327 g/mol. The topological polar surface area (TPSA) is 73.1 Å². The minimum Gasteiger partial charge on any atom is -0.478 e. The molecule has 0 aromatic carbocycles. The van der Waals surface area contributed by atoms with Crippen molar-refractivity contribution in [1.82, 2.24) is 24.9 Å². The van der Waals surface area contributed by atoms with E-state index >= 15 is 0 Å². The van der Waals surface area contributed by atoms with Gasteiger partial charge >= 0.3 is 0 Å². The van der Waals surface area contributed by atoms with E-state index in [1.54, 1.807) is 35.5 Å². The van der Waals surface area contributed by atoms with E-state index in [9.17, 15) is 4.79 Å². The molecule has 7 nitrogen and oxygen atoms in total. The Labute approximate surface area is 140 Å². The first-order valence-corrected chi connectivity index (χ1v) is 8.53. The van der Waals surface area contributed by atoms with Crippen molar-refractivity contribution in [3.63, 3.8) is 0 Å². The van der Waals surface area contributed by atoms with Crippen molar-refractivity contribution in [2.75, 3.05) is 6.61 Å². The third-order valence-electron chi connectivity index (χ3n) is 4.98. The van der Waals surface area contributed by atoms with Crippen molar-refractivity contribution in [2.45, 2.75) is 50.7 Å². The maximum atomic E-state index is 12.9. The normalized spacial score (nSPS) is 25.7. The molecule has 126 valence electrons. The van der Waals surface area contributed by atoms with E-state index in [1.165, 1.54) is 0 Å². The molecular formula is C17H21N5O2. The fraction of sp³-hybridized carbons (Fsp3) is 0.529. The Kier molecular flexibility index (Phi) is 3.92. The molecule has 2 aliphatic rings. The third kappa shape index (κ3) is 2.64. The first-order chi connectivity index (χ1) is 11.8. The number of hydrogen-bond acceptors (Lipinski definition) is 5. The number of ether oxygens (including phenoxy) is 1. The van der Waals surface area contributed by atoms with Crippen LogP contribution in [-0.2, 0) is 0 Å². The number of pyridine rings is 1. The summed E-state index contributed by atoms with van der Waals surface area (Å²) >= 11 is 0. The van der Waals surface area contributed by atoms with Gasteiger partial charge in [-0.05, 0) is 38.7 Å². The van der Waals surface area contributed by atoms with E-state index in [0.29, 0.717) is 24.1 Å². The zero-order chi connectivity index (χ0) is 16.5. The molecule has 0 N–H and O–H groups in total. The Balaban J connectivity index is 1.50. The fourth-order valence-corrected chi connectivity index (χ4v) is 3.97. The van der Waals surface area contributed by atoms with Crippen molar-refractivity contribution in [3.8, 4) is 5.88 Å². The highest BCUT2D eigenvalue weighted by molar-refractivity contribution is 5.94. The predicted octanol–water partition coefficient (Wildman–Crippen LogP) is 2.08. The summed E-state index contributed by atoms with van der Waals surface area (Å²) in [4.78, 5) is 21.0. The van der Waals surface area contributed by atoms with Gasteiger partial charge in [0.2, 0.25) is 5.88 Å². The average molecular weight is 327 g/mol. The van der Waals surface area contributed by atoms with E-state index in [2.05, 4.69) is 20.1 Å². The van der Waals surface area contributed by atoms with Crippen LogP contribution in [-0.4, -0.2) is 49.5 Å². The van der Waals surface area contributed by atoms with Gasteiger partial charge in [-0.15, -0.1) is 0 Å². The average Bonchev–Trinajstić information content (AvgIpc) is 3.22. The van der Waals surface area contributed by atoms with Crippen molar-refractivity contribution in [1.29, 1.82) is 0 Å². The first kappa shape index (κ1) is 15.1. The summed E-state index contributed by atoms with van der Waals surface area (Å²) < 4.78 is 5.34. The van der Waals surface area contributed by atoms with Crippen LogP contribution in [0.5, 0.6) is 5.88 Å². The Bertz CT molecular complexity index is 686. The maximum absolute atomic E-state index is 12.9. The van der Waals surface area contributed by atoms with Gasteiger partial charge in [0.05, 0.1) is 30.6 Å². The predicted molar refractivity (Wildman–Crippen MR) is 86.7 cm³/mol. The Hall–Kier alpha value is -2.44. The van der Waals surface area contributed by atoms with Crippen molar-refractivity contribution in [3.05, 3.63) is 36.3 Å². The second-order valence-corrected chi connectivity index (χ2v) is 6.39. The number of carbonyl (C=O) groups excluding carboxylic acids is 1. The van der Waals surface area contributed by atoms with Gasteiger partial charge in [-0.25, -0.2) is 4.98 Å². The first-order valence-electron chi connectivity index (χ1n) is 8.53. The molecule has 0 saturated carbocycles. The van der Waals surface area contributed by atoms with E-state index in [1.807, 2.05) is 6.92 Å². The minimum atomic E-state index is 0.0740. The van der Waals surface area contributed by atoms with Crippen LogP contribution in [0.4, 0.5) is 0 Å². The summed E-state index contributed by atoms with van der Waals surface area (Å²) in [6.45, 7) is 2.48. The second-order valence-electron chi connectivity index (χ2n) is 6.39. The van der Waals surface area contributed by atoms with Gasteiger partial charge < -0.3 is 9.64 Å². The lowest BCUT2D eigenvalue weighted by atomic mass is 9.97. The van der Waals surface area contributed by atoms with Gasteiger partial charge in [0.1, 0.15) is 0 Å². The van der Waals surface area contributed by atoms with Crippen LogP contribution in [0, 0.1) is 0 Å². The van der Waals surface area contributed by atoms with Gasteiger partial charge in [-0.1, -0.05) is 0 Å². The number of nitrogens with zero attached hydrogens (tertiary/aromatic N) is 5. The van der Waals surface area contributed by atoms with Crippen LogP contribution in [0.2, 0.25) is 0 Å². The van der Waals surface area contributed by atoms with Crippen LogP contribution >= 0.6 is 0 Å². The van der Waals surface area contributed by atoms with Crippen LogP contribution in [0.3, 0.4) is 0 Å². The molecule has 4 rings (SSSR count). The molecule has 0 aliphatic carbocycles. The number of hydrogen-bond donors (Lipinski definition) is 0. The second kappa shape index (κ2) is 6.22. The van der Waals surface area contributed by atoms with Gasteiger partial charge in [-0.3, -0.25) is 4.79 Å². The Morgan fingerprint density at radius 2 is 1.88 bits per heavy atom. The van der Waals surface area contributed by atoms with E-state index in [0.717, 1.165) is 25.7 Å². The minimum absolute atomic E-state index is 0.0740. The highest BCUT2D eigenvalue weighted by atomic mass is 16.5. The summed E-state index contributed by atoms with van der Waals surface area (Å²) in [5.74, 6) is 0.630. The maximum Gasteiger partial charge on any atom is 0.255 e. The van der Waals surface area contributed by atoms with Crippen molar-refractivity contribution in [2.24, 2.45) is 0 Å². The molecule has 2 aliphatic heterocycles. The molecule has 4 heterocycles. The summed E-state index contributed by atoms with van der Waals surface area (Å²) in [6, 6.07) is 4.39. The molecule has 2 saturated heterocycles. The van der Waals surface area contributed by atoms with E-state index in [4.69, 9.17) is 4.74 Å². The van der Waals surface area contributed by atoms with Crippen LogP contribution < -0.4 is 4.74 Å². The lowest BCUT2D eigenvalue weighted by molar-refractivity contribution is 0.0511. The molecule has 0 radical (unpaired) electrons. The molecule has 2 fully saturated rings. The number of piperidine rings is 1. The fourth-order valence-electron chi connectivity index (χ4n) is 3.97. The number of carbonyl (C=O) groups is 1. The van der Waals surface area contributed by atoms with E-state index < -0.39 is 0 Å². The lowest BCUT2D eigenvalue weighted by Crippen LogP contribution is -2.47. The smallest absolute Gasteiger partial charge is 0.255 e. The summed E-state index contributed by atoms with van der Waals surface area (Å²) in [7, 11) is 0. The van der Waals surface area contributed by atoms with Gasteiger partial charge in [0.15, 0.2) is 0 Å². The molecule has 7 heteroatoms. The number of fused-ring (bicyclic) bond motifs is 2.